The lowest BCUT2D eigenvalue weighted by atomic mass is 10.1. The van der Waals surface area contributed by atoms with E-state index in [1.165, 1.54) is 6.42 Å². The van der Waals surface area contributed by atoms with E-state index in [2.05, 4.69) is 6.92 Å². The highest BCUT2D eigenvalue weighted by molar-refractivity contribution is 7.99. The zero-order chi connectivity index (χ0) is 9.52. The molecular weight excluding hydrogens is 184 g/mol. The van der Waals surface area contributed by atoms with Crippen molar-refractivity contribution in [3.63, 3.8) is 0 Å². The summed E-state index contributed by atoms with van der Waals surface area (Å²) in [6.07, 6.45) is 4.33. The fraction of sp³-hybridized carbons (Fsp3) is 0.900. The van der Waals surface area contributed by atoms with Crippen molar-refractivity contribution in [1.29, 1.82) is 0 Å². The Morgan fingerprint density at radius 3 is 3.08 bits per heavy atom. The molecule has 0 amide bonds. The van der Waals surface area contributed by atoms with Crippen molar-refractivity contribution in [2.45, 2.75) is 38.7 Å². The number of ether oxygens (including phenoxy) is 1. The molecule has 2 nitrogen and oxygen atoms in total. The van der Waals surface area contributed by atoms with Crippen molar-refractivity contribution in [1.82, 2.24) is 0 Å². The summed E-state index contributed by atoms with van der Waals surface area (Å²) in [5, 5.41) is 0. The van der Waals surface area contributed by atoms with Gasteiger partial charge in [0.05, 0.1) is 11.9 Å². The maximum absolute atomic E-state index is 11.3. The fourth-order valence-electron chi connectivity index (χ4n) is 1.48. The Labute approximate surface area is 84.4 Å². The molecule has 1 atom stereocenters. The van der Waals surface area contributed by atoms with Crippen molar-refractivity contribution < 1.29 is 9.53 Å². The van der Waals surface area contributed by atoms with Crippen LogP contribution < -0.4 is 0 Å². The second-order valence-corrected chi connectivity index (χ2v) is 4.62. The van der Waals surface area contributed by atoms with Gasteiger partial charge in [0.1, 0.15) is 5.78 Å². The molecule has 0 aromatic heterocycles. The Kier molecular flexibility index (Phi) is 5.47. The fourth-order valence-corrected chi connectivity index (χ4v) is 2.06. The molecule has 0 aromatic rings. The molecule has 1 saturated heterocycles. The number of hydrogen-bond acceptors (Lipinski definition) is 3. The summed E-state index contributed by atoms with van der Waals surface area (Å²) < 4.78 is 5.45. The van der Waals surface area contributed by atoms with Gasteiger partial charge in [-0.15, -0.1) is 0 Å². The van der Waals surface area contributed by atoms with Crippen molar-refractivity contribution in [3.8, 4) is 0 Å². The Morgan fingerprint density at radius 1 is 1.62 bits per heavy atom. The lowest BCUT2D eigenvalue weighted by molar-refractivity contribution is -0.117. The van der Waals surface area contributed by atoms with Crippen LogP contribution in [0.2, 0.25) is 0 Å². The van der Waals surface area contributed by atoms with Crippen molar-refractivity contribution in [3.05, 3.63) is 0 Å². The normalized spacial score (nSPS) is 22.1. The monoisotopic (exact) mass is 202 g/mol. The molecule has 0 bridgehead atoms. The zero-order valence-corrected chi connectivity index (χ0v) is 9.07. The highest BCUT2D eigenvalue weighted by Gasteiger charge is 2.16. The Morgan fingerprint density at radius 2 is 2.46 bits per heavy atom. The molecule has 0 radical (unpaired) electrons. The maximum Gasteiger partial charge on any atom is 0.142 e. The van der Waals surface area contributed by atoms with E-state index in [9.17, 15) is 4.79 Å². The summed E-state index contributed by atoms with van der Waals surface area (Å²) in [5.41, 5.74) is 0. The first kappa shape index (κ1) is 11.1. The average molecular weight is 202 g/mol. The minimum atomic E-state index is 0.371. The van der Waals surface area contributed by atoms with Crippen molar-refractivity contribution in [2.75, 3.05) is 18.1 Å². The molecule has 1 rings (SSSR count). The van der Waals surface area contributed by atoms with Gasteiger partial charge in [-0.2, -0.15) is 11.8 Å². The van der Waals surface area contributed by atoms with E-state index >= 15 is 0 Å². The van der Waals surface area contributed by atoms with E-state index in [0.29, 0.717) is 24.1 Å². The molecule has 13 heavy (non-hydrogen) atoms. The molecule has 0 aromatic carbocycles. The minimum Gasteiger partial charge on any atom is -0.378 e. The summed E-state index contributed by atoms with van der Waals surface area (Å²) in [7, 11) is 0. The van der Waals surface area contributed by atoms with Crippen LogP contribution in [0.5, 0.6) is 0 Å². The van der Waals surface area contributed by atoms with Crippen LogP contribution in [0, 0.1) is 0 Å². The van der Waals surface area contributed by atoms with Gasteiger partial charge < -0.3 is 4.74 Å². The third-order valence-electron chi connectivity index (χ3n) is 2.24. The largest absolute Gasteiger partial charge is 0.378 e. The Bertz CT molecular complexity index is 153. The SMILES string of the molecule is CCSCC(=O)CCC1CCCO1. The van der Waals surface area contributed by atoms with E-state index in [0.717, 1.165) is 25.2 Å². The predicted octanol–water partition coefficient (Wildman–Crippen LogP) is 2.27. The number of hydrogen-bond donors (Lipinski definition) is 0. The standard InChI is InChI=1S/C10H18O2S/c1-2-13-8-9(11)5-6-10-4-3-7-12-10/h10H,2-8H2,1H3. The van der Waals surface area contributed by atoms with Gasteiger partial charge in [-0.3, -0.25) is 4.79 Å². The van der Waals surface area contributed by atoms with Gasteiger partial charge in [0.25, 0.3) is 0 Å². The maximum atomic E-state index is 11.3. The quantitative estimate of drug-likeness (QED) is 0.661. The average Bonchev–Trinajstić information content (AvgIpc) is 2.64. The van der Waals surface area contributed by atoms with E-state index in [1.807, 2.05) is 0 Å². The number of carbonyl (C=O) groups excluding carboxylic acids is 1. The molecular formula is C10H18O2S. The van der Waals surface area contributed by atoms with Crippen molar-refractivity contribution in [2.24, 2.45) is 0 Å². The van der Waals surface area contributed by atoms with Gasteiger partial charge in [0, 0.05) is 13.0 Å². The summed E-state index contributed by atoms with van der Waals surface area (Å²) in [5.74, 6) is 2.09. The first-order valence-electron chi connectivity index (χ1n) is 5.04. The lowest BCUT2D eigenvalue weighted by Gasteiger charge is -2.07. The van der Waals surface area contributed by atoms with Crippen LogP contribution in [-0.4, -0.2) is 30.0 Å². The highest BCUT2D eigenvalue weighted by atomic mass is 32.2. The molecule has 0 N–H and O–H groups in total. The third-order valence-corrected chi connectivity index (χ3v) is 3.17. The van der Waals surface area contributed by atoms with E-state index in [4.69, 9.17) is 4.74 Å². The van der Waals surface area contributed by atoms with Crippen molar-refractivity contribution >= 4 is 17.5 Å². The third kappa shape index (κ3) is 4.67. The predicted molar refractivity (Wildman–Crippen MR) is 56.2 cm³/mol. The van der Waals surface area contributed by atoms with E-state index in [-0.39, 0.29) is 0 Å². The second kappa shape index (κ2) is 6.44. The summed E-state index contributed by atoms with van der Waals surface area (Å²) in [6, 6.07) is 0. The molecule has 1 unspecified atom stereocenters. The number of thioether (sulfide) groups is 1. The van der Waals surface area contributed by atoms with Gasteiger partial charge in [-0.05, 0) is 25.0 Å². The highest BCUT2D eigenvalue weighted by Crippen LogP contribution is 2.17. The van der Waals surface area contributed by atoms with Gasteiger partial charge in [0.15, 0.2) is 0 Å². The summed E-state index contributed by atoms with van der Waals surface area (Å²) in [4.78, 5) is 11.3. The Hall–Kier alpha value is -0.0200. The van der Waals surface area contributed by atoms with Crippen LogP contribution in [0.3, 0.4) is 0 Å². The van der Waals surface area contributed by atoms with Crippen LogP contribution in [0.4, 0.5) is 0 Å². The molecule has 1 fully saturated rings. The van der Waals surface area contributed by atoms with Crippen LogP contribution in [0.25, 0.3) is 0 Å². The summed E-state index contributed by atoms with van der Waals surface area (Å²) >= 11 is 1.71. The molecule has 3 heteroatoms. The molecule has 0 aliphatic carbocycles. The molecule has 0 saturated carbocycles. The number of rotatable bonds is 6. The lowest BCUT2D eigenvalue weighted by Crippen LogP contribution is -2.10. The molecule has 1 aliphatic heterocycles. The summed E-state index contributed by atoms with van der Waals surface area (Å²) in [6.45, 7) is 2.97. The van der Waals surface area contributed by atoms with Gasteiger partial charge in [-0.25, -0.2) is 0 Å². The number of carbonyl (C=O) groups is 1. The van der Waals surface area contributed by atoms with Gasteiger partial charge in [-0.1, -0.05) is 6.92 Å². The van der Waals surface area contributed by atoms with Gasteiger partial charge >= 0.3 is 0 Å². The topological polar surface area (TPSA) is 26.3 Å². The zero-order valence-electron chi connectivity index (χ0n) is 8.25. The minimum absolute atomic E-state index is 0.371. The number of ketones is 1. The van der Waals surface area contributed by atoms with Crippen LogP contribution in [0.15, 0.2) is 0 Å². The smallest absolute Gasteiger partial charge is 0.142 e. The van der Waals surface area contributed by atoms with E-state index in [1.54, 1.807) is 11.8 Å². The molecule has 1 aliphatic rings. The van der Waals surface area contributed by atoms with Crippen LogP contribution >= 0.6 is 11.8 Å². The molecule has 1 heterocycles. The van der Waals surface area contributed by atoms with Crippen LogP contribution in [0.1, 0.15) is 32.6 Å². The number of Topliss-reactive ketones (excluding diaryl/α,β-unsaturated/α-hetero) is 1. The Balaban J connectivity index is 2.00. The van der Waals surface area contributed by atoms with Crippen LogP contribution in [-0.2, 0) is 9.53 Å². The molecule has 0 spiro atoms. The van der Waals surface area contributed by atoms with Gasteiger partial charge in [0.2, 0.25) is 0 Å². The first-order valence-corrected chi connectivity index (χ1v) is 6.19. The van der Waals surface area contributed by atoms with E-state index < -0.39 is 0 Å². The molecule has 76 valence electrons. The first-order chi connectivity index (χ1) is 6.33. The second-order valence-electron chi connectivity index (χ2n) is 3.35.